The van der Waals surface area contributed by atoms with Crippen LogP contribution in [-0.4, -0.2) is 11.6 Å². The molecular weight excluding hydrogens is 637 g/mol. The molecule has 2 unspecified atom stereocenters. The molecule has 0 heterocycles. The van der Waals surface area contributed by atoms with Crippen molar-refractivity contribution in [3.05, 3.63) is 155 Å². The molecule has 0 aromatic heterocycles. The van der Waals surface area contributed by atoms with E-state index in [0.29, 0.717) is 28.2 Å². The number of fused-ring (bicyclic) bond motifs is 3. The number of ketones is 2. The number of aryl methyl sites for hydroxylation is 1. The minimum Gasteiger partial charge on any atom is -0.289 e. The quantitative estimate of drug-likeness (QED) is 0.164. The van der Waals surface area contributed by atoms with Crippen molar-refractivity contribution in [2.45, 2.75) is 71.5 Å². The fourth-order valence-electron chi connectivity index (χ4n) is 7.44. The largest absolute Gasteiger partial charge is 0.289 e. The molecule has 49 heavy (non-hydrogen) atoms. The highest BCUT2D eigenvalue weighted by Crippen LogP contribution is 2.42. The van der Waals surface area contributed by atoms with Gasteiger partial charge in [-0.3, -0.25) is 9.59 Å². The summed E-state index contributed by atoms with van der Waals surface area (Å²) in [6.07, 6.45) is 6.64. The molecule has 0 bridgehead atoms. The maximum absolute atomic E-state index is 14.1. The smallest absolute Gasteiger partial charge is 0.195 e. The zero-order chi connectivity index (χ0) is 33.5. The van der Waals surface area contributed by atoms with Crippen LogP contribution >= 0.6 is 23.5 Å². The lowest BCUT2D eigenvalue weighted by atomic mass is 9.84. The topological polar surface area (TPSA) is 34.1 Å². The summed E-state index contributed by atoms with van der Waals surface area (Å²) in [5.74, 6) is 1.35. The number of carbonyl (C=O) groups excluding carboxylic acids is 2. The van der Waals surface area contributed by atoms with E-state index < -0.39 is 0 Å². The third kappa shape index (κ3) is 6.40. The van der Waals surface area contributed by atoms with Crippen LogP contribution in [0.15, 0.2) is 141 Å². The fraction of sp³-hybridized carbons (Fsp3) is 0.200. The van der Waals surface area contributed by atoms with Crippen LogP contribution in [0.4, 0.5) is 0 Å². The predicted molar refractivity (Wildman–Crippen MR) is 204 cm³/mol. The summed E-state index contributed by atoms with van der Waals surface area (Å²) in [5, 5.41) is 2.32. The van der Waals surface area contributed by atoms with Gasteiger partial charge >= 0.3 is 0 Å². The van der Waals surface area contributed by atoms with Crippen LogP contribution in [0, 0.1) is 12.8 Å². The van der Waals surface area contributed by atoms with Gasteiger partial charge in [-0.1, -0.05) is 134 Å². The molecule has 0 spiro atoms. The van der Waals surface area contributed by atoms with Crippen molar-refractivity contribution >= 4 is 45.9 Å². The summed E-state index contributed by atoms with van der Waals surface area (Å²) < 4.78 is 0. The van der Waals surface area contributed by atoms with E-state index in [0.717, 1.165) is 30.9 Å². The van der Waals surface area contributed by atoms with Crippen LogP contribution in [0.1, 0.15) is 87.9 Å². The highest BCUT2D eigenvalue weighted by atomic mass is 32.2. The highest BCUT2D eigenvalue weighted by molar-refractivity contribution is 7.99. The molecule has 0 saturated heterocycles. The van der Waals surface area contributed by atoms with Gasteiger partial charge in [0, 0.05) is 41.8 Å². The maximum Gasteiger partial charge on any atom is 0.195 e. The van der Waals surface area contributed by atoms with Crippen molar-refractivity contribution in [2.24, 2.45) is 5.92 Å². The van der Waals surface area contributed by atoms with Crippen molar-refractivity contribution in [1.82, 2.24) is 0 Å². The van der Waals surface area contributed by atoms with E-state index in [1.54, 1.807) is 23.9 Å². The number of carbonyl (C=O) groups is 2. The third-order valence-corrected chi connectivity index (χ3v) is 12.4. The molecule has 6 aromatic carbocycles. The lowest BCUT2D eigenvalue weighted by Crippen LogP contribution is -2.22. The van der Waals surface area contributed by atoms with Crippen LogP contribution in [0.5, 0.6) is 0 Å². The molecule has 0 radical (unpaired) electrons. The van der Waals surface area contributed by atoms with Gasteiger partial charge in [-0.25, -0.2) is 0 Å². The molecule has 6 aromatic rings. The molecule has 0 aliphatic heterocycles. The van der Waals surface area contributed by atoms with Crippen LogP contribution in [0.2, 0.25) is 0 Å². The first-order chi connectivity index (χ1) is 23.9. The van der Waals surface area contributed by atoms with E-state index >= 15 is 0 Å². The van der Waals surface area contributed by atoms with Gasteiger partial charge in [0.05, 0.1) is 0 Å². The zero-order valence-corrected chi connectivity index (χ0v) is 29.5. The Kier molecular flexibility index (Phi) is 8.78. The van der Waals surface area contributed by atoms with Gasteiger partial charge in [-0.15, -0.1) is 0 Å². The van der Waals surface area contributed by atoms with Gasteiger partial charge in [0.25, 0.3) is 0 Å². The first-order valence-corrected chi connectivity index (χ1v) is 19.0. The van der Waals surface area contributed by atoms with E-state index in [-0.39, 0.29) is 11.6 Å². The summed E-state index contributed by atoms with van der Waals surface area (Å²) in [6.45, 7) is 4.45. The Morgan fingerprint density at radius 3 is 1.84 bits per heavy atom. The lowest BCUT2D eigenvalue weighted by Gasteiger charge is -2.22. The number of hydrogen-bond acceptors (Lipinski definition) is 4. The average Bonchev–Trinajstić information content (AvgIpc) is 3.35. The SMILES string of the molecule is Cc1ccc(Sc2cccc3c2C(=O)c2cccc(Sc4ccc5cc(-c6ccc(C7CCCC(C)CC7)cc6)ccc5c4)c2C3=O)cc1. The molecule has 2 nitrogen and oxygen atoms in total. The summed E-state index contributed by atoms with van der Waals surface area (Å²) in [7, 11) is 0. The molecule has 1 saturated carbocycles. The maximum atomic E-state index is 14.1. The van der Waals surface area contributed by atoms with Crippen molar-refractivity contribution in [2.75, 3.05) is 0 Å². The first kappa shape index (κ1) is 31.9. The molecule has 2 atom stereocenters. The number of benzene rings is 6. The Balaban J connectivity index is 1.04. The van der Waals surface area contributed by atoms with Crippen LogP contribution in [0.3, 0.4) is 0 Å². The normalized spacial score (nSPS) is 17.4. The zero-order valence-electron chi connectivity index (χ0n) is 27.9. The van der Waals surface area contributed by atoms with Gasteiger partial charge in [0.1, 0.15) is 0 Å². The average molecular weight is 675 g/mol. The second-order valence-electron chi connectivity index (χ2n) is 13.7. The summed E-state index contributed by atoms with van der Waals surface area (Å²) in [4.78, 5) is 31.7. The standard InChI is InChI=1S/C45H38O2S2/c1-28-6-3-7-30(15-12-28)31-16-18-32(19-17-31)33-20-21-35-27-37(25-22-34(35)26-33)49-41-11-5-9-39-43(41)45(47)38-8-4-10-40(42(38)44(39)46)48-36-23-13-29(2)14-24-36/h4-5,8-11,13-14,16-28,30H,3,6-7,12,15H2,1-2H3. The highest BCUT2D eigenvalue weighted by Gasteiger charge is 2.33. The fourth-order valence-corrected chi connectivity index (χ4v) is 9.45. The Morgan fingerprint density at radius 1 is 0.551 bits per heavy atom. The number of hydrogen-bond donors (Lipinski definition) is 0. The molecule has 4 heteroatoms. The minimum atomic E-state index is -0.0934. The summed E-state index contributed by atoms with van der Waals surface area (Å²) in [5.41, 5.74) is 7.08. The summed E-state index contributed by atoms with van der Waals surface area (Å²) >= 11 is 3.07. The van der Waals surface area contributed by atoms with E-state index in [1.165, 1.54) is 71.5 Å². The van der Waals surface area contributed by atoms with Gasteiger partial charge in [-0.05, 0) is 102 Å². The molecule has 242 valence electrons. The van der Waals surface area contributed by atoms with Gasteiger partial charge < -0.3 is 0 Å². The third-order valence-electron chi connectivity index (χ3n) is 10.3. The number of rotatable bonds is 6. The van der Waals surface area contributed by atoms with Crippen molar-refractivity contribution < 1.29 is 9.59 Å². The van der Waals surface area contributed by atoms with Crippen LogP contribution in [0.25, 0.3) is 21.9 Å². The van der Waals surface area contributed by atoms with Crippen molar-refractivity contribution in [1.29, 1.82) is 0 Å². The molecule has 8 rings (SSSR count). The first-order valence-electron chi connectivity index (χ1n) is 17.3. The van der Waals surface area contributed by atoms with Gasteiger partial charge in [0.2, 0.25) is 0 Å². The Bertz CT molecular complexity index is 2220. The van der Waals surface area contributed by atoms with Crippen molar-refractivity contribution in [3.63, 3.8) is 0 Å². The molecular formula is C45H38O2S2. The lowest BCUT2D eigenvalue weighted by molar-refractivity contribution is 0.0974. The molecule has 2 aliphatic carbocycles. The summed E-state index contributed by atoms with van der Waals surface area (Å²) in [6, 6.07) is 41.8. The van der Waals surface area contributed by atoms with E-state index in [2.05, 4.69) is 98.8 Å². The monoisotopic (exact) mass is 674 g/mol. The minimum absolute atomic E-state index is 0.0924. The van der Waals surface area contributed by atoms with Crippen LogP contribution < -0.4 is 0 Å². The van der Waals surface area contributed by atoms with Crippen molar-refractivity contribution in [3.8, 4) is 11.1 Å². The predicted octanol–water partition coefficient (Wildman–Crippen LogP) is 12.6. The van der Waals surface area contributed by atoms with Gasteiger partial charge in [-0.2, -0.15) is 0 Å². The Labute approximate surface area is 297 Å². The molecule has 2 aliphatic rings. The Morgan fingerprint density at radius 2 is 1.14 bits per heavy atom. The van der Waals surface area contributed by atoms with Gasteiger partial charge in [0.15, 0.2) is 11.6 Å². The van der Waals surface area contributed by atoms with E-state index in [1.807, 2.05) is 24.3 Å². The molecule has 0 amide bonds. The second-order valence-corrected chi connectivity index (χ2v) is 15.9. The molecule has 0 N–H and O–H groups in total. The van der Waals surface area contributed by atoms with E-state index in [4.69, 9.17) is 0 Å². The van der Waals surface area contributed by atoms with Crippen LogP contribution in [-0.2, 0) is 0 Å². The van der Waals surface area contributed by atoms with E-state index in [9.17, 15) is 9.59 Å². The Hall–Kier alpha value is -4.38. The molecule has 1 fully saturated rings. The second kappa shape index (κ2) is 13.5.